The maximum Gasteiger partial charge on any atom is 0.325 e. The molecule has 0 radical (unpaired) electrons. The molecule has 0 spiro atoms. The standard InChI is InChI=1S/C21H22N2O5/c1-13-8-9-16(10-14(13)2)21(27)22-11-20(26)28-12-19(25)23-18-7-5-4-6-17(18)15(3)24/h4-10H,11-12H2,1-3H3,(H,22,27)(H,23,25). The van der Waals surface area contributed by atoms with E-state index in [-0.39, 0.29) is 12.3 Å². The number of ketones is 1. The van der Waals surface area contributed by atoms with Crippen LogP contribution in [0, 0.1) is 13.8 Å². The van der Waals surface area contributed by atoms with Crippen molar-refractivity contribution < 1.29 is 23.9 Å². The Balaban J connectivity index is 1.80. The molecule has 0 atom stereocenters. The molecule has 28 heavy (non-hydrogen) atoms. The summed E-state index contributed by atoms with van der Waals surface area (Å²) in [5, 5.41) is 4.98. The Bertz CT molecular complexity index is 921. The fourth-order valence-corrected chi connectivity index (χ4v) is 2.42. The van der Waals surface area contributed by atoms with E-state index in [1.165, 1.54) is 6.92 Å². The fraction of sp³-hybridized carbons (Fsp3) is 0.238. The van der Waals surface area contributed by atoms with E-state index >= 15 is 0 Å². The summed E-state index contributed by atoms with van der Waals surface area (Å²) in [5.74, 6) is -1.92. The van der Waals surface area contributed by atoms with Gasteiger partial charge in [0.15, 0.2) is 12.4 Å². The quantitative estimate of drug-likeness (QED) is 0.566. The van der Waals surface area contributed by atoms with Crippen LogP contribution in [-0.2, 0) is 14.3 Å². The molecule has 146 valence electrons. The lowest BCUT2D eigenvalue weighted by atomic mass is 10.1. The third-order valence-electron chi connectivity index (χ3n) is 4.11. The normalized spacial score (nSPS) is 10.1. The average molecular weight is 382 g/mol. The first kappa shape index (κ1) is 20.8. The van der Waals surface area contributed by atoms with Gasteiger partial charge in [0, 0.05) is 11.1 Å². The molecule has 0 unspecified atom stereocenters. The van der Waals surface area contributed by atoms with Crippen molar-refractivity contribution in [2.24, 2.45) is 0 Å². The Labute approximate surface area is 163 Å². The van der Waals surface area contributed by atoms with Gasteiger partial charge in [-0.2, -0.15) is 0 Å². The third kappa shape index (κ3) is 5.77. The molecule has 2 N–H and O–H groups in total. The summed E-state index contributed by atoms with van der Waals surface area (Å²) in [6, 6.07) is 11.8. The molecule has 0 aromatic heterocycles. The number of hydrogen-bond donors (Lipinski definition) is 2. The molecule has 2 aromatic carbocycles. The smallest absolute Gasteiger partial charge is 0.325 e. The van der Waals surface area contributed by atoms with Crippen LogP contribution in [0.4, 0.5) is 5.69 Å². The molecule has 0 aliphatic heterocycles. The summed E-state index contributed by atoms with van der Waals surface area (Å²) in [6.45, 7) is 4.34. The van der Waals surface area contributed by atoms with Gasteiger partial charge < -0.3 is 15.4 Å². The Morgan fingerprint density at radius 2 is 1.68 bits per heavy atom. The molecule has 7 nitrogen and oxygen atoms in total. The van der Waals surface area contributed by atoms with Gasteiger partial charge in [-0.3, -0.25) is 19.2 Å². The van der Waals surface area contributed by atoms with E-state index in [1.54, 1.807) is 36.4 Å². The van der Waals surface area contributed by atoms with Crippen LogP contribution < -0.4 is 10.6 Å². The highest BCUT2D eigenvalue weighted by atomic mass is 16.5. The van der Waals surface area contributed by atoms with Crippen LogP contribution in [0.25, 0.3) is 0 Å². The predicted octanol–water partition coefficient (Wildman–Crippen LogP) is 2.42. The largest absolute Gasteiger partial charge is 0.454 e. The summed E-state index contributed by atoms with van der Waals surface area (Å²) >= 11 is 0. The number of rotatable bonds is 7. The Morgan fingerprint density at radius 1 is 0.964 bits per heavy atom. The molecule has 0 saturated heterocycles. The number of anilines is 1. The summed E-state index contributed by atoms with van der Waals surface area (Å²) in [4.78, 5) is 47.3. The van der Waals surface area contributed by atoms with Crippen LogP contribution in [0.1, 0.15) is 38.8 Å². The molecule has 0 bridgehead atoms. The summed E-state index contributed by atoms with van der Waals surface area (Å²) < 4.78 is 4.85. The zero-order chi connectivity index (χ0) is 20.7. The number of para-hydroxylation sites is 1. The molecule has 2 rings (SSSR count). The number of carbonyl (C=O) groups excluding carboxylic acids is 4. The van der Waals surface area contributed by atoms with Crippen LogP contribution in [0.15, 0.2) is 42.5 Å². The number of nitrogens with one attached hydrogen (secondary N) is 2. The first-order valence-electron chi connectivity index (χ1n) is 8.69. The summed E-state index contributed by atoms with van der Waals surface area (Å²) in [7, 11) is 0. The Morgan fingerprint density at radius 3 is 2.36 bits per heavy atom. The highest BCUT2D eigenvalue weighted by Gasteiger charge is 2.13. The van der Waals surface area contributed by atoms with Crippen molar-refractivity contribution in [3.8, 4) is 0 Å². The van der Waals surface area contributed by atoms with Crippen molar-refractivity contribution in [1.29, 1.82) is 0 Å². The van der Waals surface area contributed by atoms with Crippen molar-refractivity contribution in [2.45, 2.75) is 20.8 Å². The van der Waals surface area contributed by atoms with E-state index in [4.69, 9.17) is 4.74 Å². The molecule has 0 saturated carbocycles. The van der Waals surface area contributed by atoms with Crippen molar-refractivity contribution >= 4 is 29.3 Å². The molecule has 2 aromatic rings. The number of aryl methyl sites for hydroxylation is 2. The van der Waals surface area contributed by atoms with Crippen molar-refractivity contribution in [1.82, 2.24) is 5.32 Å². The molecule has 0 fully saturated rings. The lowest BCUT2D eigenvalue weighted by molar-refractivity contribution is -0.146. The van der Waals surface area contributed by atoms with Crippen molar-refractivity contribution in [2.75, 3.05) is 18.5 Å². The minimum Gasteiger partial charge on any atom is -0.454 e. The zero-order valence-electron chi connectivity index (χ0n) is 16.0. The first-order chi connectivity index (χ1) is 13.3. The van der Waals surface area contributed by atoms with Gasteiger partial charge in [-0.15, -0.1) is 0 Å². The van der Waals surface area contributed by atoms with Crippen molar-refractivity contribution in [3.63, 3.8) is 0 Å². The highest BCUT2D eigenvalue weighted by molar-refractivity contribution is 6.04. The van der Waals surface area contributed by atoms with Crippen LogP contribution in [0.3, 0.4) is 0 Å². The maximum atomic E-state index is 12.1. The number of benzene rings is 2. The number of ether oxygens (including phenoxy) is 1. The fourth-order valence-electron chi connectivity index (χ4n) is 2.42. The molecule has 0 heterocycles. The van der Waals surface area contributed by atoms with Gasteiger partial charge >= 0.3 is 5.97 Å². The molecule has 7 heteroatoms. The topological polar surface area (TPSA) is 102 Å². The molecule has 2 amide bonds. The van der Waals surface area contributed by atoms with Gasteiger partial charge in [0.05, 0.1) is 5.69 Å². The SMILES string of the molecule is CC(=O)c1ccccc1NC(=O)COC(=O)CNC(=O)c1ccc(C)c(C)c1. The lowest BCUT2D eigenvalue weighted by Crippen LogP contribution is -2.32. The second-order valence-electron chi connectivity index (χ2n) is 6.29. The van der Waals surface area contributed by atoms with Gasteiger partial charge in [-0.1, -0.05) is 18.2 Å². The minimum absolute atomic E-state index is 0.193. The molecular formula is C21H22N2O5. The first-order valence-corrected chi connectivity index (χ1v) is 8.69. The Hall–Kier alpha value is -3.48. The zero-order valence-corrected chi connectivity index (χ0v) is 16.0. The van der Waals surface area contributed by atoms with Crippen molar-refractivity contribution in [3.05, 3.63) is 64.7 Å². The van der Waals surface area contributed by atoms with E-state index in [0.29, 0.717) is 16.8 Å². The third-order valence-corrected chi connectivity index (χ3v) is 4.11. The molecule has 0 aliphatic carbocycles. The second kappa shape index (κ2) is 9.45. The monoisotopic (exact) mass is 382 g/mol. The van der Waals surface area contributed by atoms with E-state index in [0.717, 1.165) is 11.1 Å². The van der Waals surface area contributed by atoms with E-state index in [1.807, 2.05) is 19.9 Å². The van der Waals surface area contributed by atoms with Gasteiger partial charge in [0.2, 0.25) is 0 Å². The second-order valence-corrected chi connectivity index (χ2v) is 6.29. The molecule has 0 aliphatic rings. The van der Waals surface area contributed by atoms with E-state index in [9.17, 15) is 19.2 Å². The number of hydrogen-bond acceptors (Lipinski definition) is 5. The van der Waals surface area contributed by atoms with Gasteiger partial charge in [-0.05, 0) is 56.2 Å². The van der Waals surface area contributed by atoms with Crippen LogP contribution in [0.5, 0.6) is 0 Å². The Kier molecular flexibility index (Phi) is 7.03. The maximum absolute atomic E-state index is 12.1. The minimum atomic E-state index is -0.743. The van der Waals surface area contributed by atoms with E-state index in [2.05, 4.69) is 10.6 Å². The molecular weight excluding hydrogens is 360 g/mol. The number of Topliss-reactive ketones (excluding diaryl/α,β-unsaturated/α-hetero) is 1. The van der Waals surface area contributed by atoms with Crippen LogP contribution >= 0.6 is 0 Å². The number of esters is 1. The lowest BCUT2D eigenvalue weighted by Gasteiger charge is -2.10. The average Bonchev–Trinajstić information content (AvgIpc) is 2.66. The number of carbonyl (C=O) groups is 4. The van der Waals surface area contributed by atoms with Crippen LogP contribution in [-0.4, -0.2) is 36.7 Å². The van der Waals surface area contributed by atoms with Gasteiger partial charge in [0.1, 0.15) is 6.54 Å². The van der Waals surface area contributed by atoms with E-state index < -0.39 is 24.4 Å². The van der Waals surface area contributed by atoms with Gasteiger partial charge in [0.25, 0.3) is 11.8 Å². The van der Waals surface area contributed by atoms with Crippen LogP contribution in [0.2, 0.25) is 0 Å². The van der Waals surface area contributed by atoms with Gasteiger partial charge in [-0.25, -0.2) is 0 Å². The highest BCUT2D eigenvalue weighted by Crippen LogP contribution is 2.15. The number of amides is 2. The summed E-state index contributed by atoms with van der Waals surface area (Å²) in [6.07, 6.45) is 0. The predicted molar refractivity (Wildman–Crippen MR) is 104 cm³/mol. The summed E-state index contributed by atoms with van der Waals surface area (Å²) in [5.41, 5.74) is 3.18.